The van der Waals surface area contributed by atoms with Crippen LogP contribution in [-0.4, -0.2) is 28.0 Å². The van der Waals surface area contributed by atoms with Gasteiger partial charge in [-0.15, -0.1) is 0 Å². The highest BCUT2D eigenvalue weighted by molar-refractivity contribution is 6.32. The largest absolute Gasteiger partial charge is 0.396 e. The Kier molecular flexibility index (Phi) is 4.47. The van der Waals surface area contributed by atoms with Crippen molar-refractivity contribution in [2.45, 2.75) is 32.1 Å². The van der Waals surface area contributed by atoms with Gasteiger partial charge in [0.25, 0.3) is 5.56 Å². The molecule has 1 saturated carbocycles. The van der Waals surface area contributed by atoms with Crippen molar-refractivity contribution in [1.29, 1.82) is 0 Å². The van der Waals surface area contributed by atoms with Crippen LogP contribution in [0.25, 0.3) is 0 Å². The van der Waals surface area contributed by atoms with Crippen LogP contribution in [0.1, 0.15) is 32.1 Å². The molecule has 1 heterocycles. The Bertz CT molecular complexity index is 495. The standard InChI is InChI=1S/C13H20ClN3O2/c1-17-12(19)11(14)10(7-16-17)15-8-13(9-18)5-3-2-4-6-13/h7,15,18H,2-6,8-9H2,1H3. The van der Waals surface area contributed by atoms with E-state index in [0.29, 0.717) is 12.2 Å². The van der Waals surface area contributed by atoms with E-state index in [1.165, 1.54) is 11.1 Å². The third-order valence-corrected chi connectivity index (χ3v) is 4.35. The molecule has 1 aliphatic carbocycles. The molecule has 2 N–H and O–H groups in total. The number of anilines is 1. The molecule has 106 valence electrons. The minimum absolute atomic E-state index is 0.0946. The number of aryl methyl sites for hydroxylation is 1. The first kappa shape index (κ1) is 14.3. The fraction of sp³-hybridized carbons (Fsp3) is 0.692. The smallest absolute Gasteiger partial charge is 0.287 e. The van der Waals surface area contributed by atoms with Crippen molar-refractivity contribution in [2.24, 2.45) is 12.5 Å². The van der Waals surface area contributed by atoms with E-state index in [9.17, 15) is 9.90 Å². The first-order valence-electron chi connectivity index (χ1n) is 6.64. The normalized spacial score (nSPS) is 18.3. The second-order valence-electron chi connectivity index (χ2n) is 5.37. The average molecular weight is 286 g/mol. The molecule has 6 heteroatoms. The fourth-order valence-corrected chi connectivity index (χ4v) is 2.85. The Morgan fingerprint density at radius 3 is 2.79 bits per heavy atom. The Hall–Kier alpha value is -1.07. The maximum absolute atomic E-state index is 11.7. The van der Waals surface area contributed by atoms with E-state index < -0.39 is 0 Å². The number of nitrogens with zero attached hydrogens (tertiary/aromatic N) is 2. The predicted octanol–water partition coefficient (Wildman–Crippen LogP) is 1.79. The van der Waals surface area contributed by atoms with Crippen molar-refractivity contribution < 1.29 is 5.11 Å². The average Bonchev–Trinajstić information content (AvgIpc) is 2.45. The van der Waals surface area contributed by atoms with Gasteiger partial charge in [-0.1, -0.05) is 30.9 Å². The molecule has 0 amide bonds. The van der Waals surface area contributed by atoms with E-state index in [0.717, 1.165) is 25.7 Å². The summed E-state index contributed by atoms with van der Waals surface area (Å²) in [6.45, 7) is 0.786. The highest BCUT2D eigenvalue weighted by atomic mass is 35.5. The van der Waals surface area contributed by atoms with Gasteiger partial charge >= 0.3 is 0 Å². The van der Waals surface area contributed by atoms with E-state index >= 15 is 0 Å². The van der Waals surface area contributed by atoms with Crippen LogP contribution in [0.15, 0.2) is 11.0 Å². The zero-order valence-electron chi connectivity index (χ0n) is 11.2. The molecule has 0 saturated heterocycles. The molecule has 0 bridgehead atoms. The molecular formula is C13H20ClN3O2. The topological polar surface area (TPSA) is 67.2 Å². The number of hydrogen-bond acceptors (Lipinski definition) is 4. The summed E-state index contributed by atoms with van der Waals surface area (Å²) in [5.74, 6) is 0. The van der Waals surface area contributed by atoms with Crippen LogP contribution in [0.5, 0.6) is 0 Å². The number of aliphatic hydroxyl groups is 1. The molecule has 1 aliphatic rings. The third kappa shape index (κ3) is 3.09. The summed E-state index contributed by atoms with van der Waals surface area (Å²) in [5, 5.41) is 16.9. The van der Waals surface area contributed by atoms with Gasteiger partial charge in [0.05, 0.1) is 18.5 Å². The maximum atomic E-state index is 11.7. The van der Waals surface area contributed by atoms with Crippen molar-refractivity contribution in [3.8, 4) is 0 Å². The molecule has 1 aromatic rings. The summed E-state index contributed by atoms with van der Waals surface area (Å²) in [6, 6.07) is 0. The molecule has 5 nitrogen and oxygen atoms in total. The van der Waals surface area contributed by atoms with E-state index in [-0.39, 0.29) is 22.6 Å². The lowest BCUT2D eigenvalue weighted by atomic mass is 9.74. The van der Waals surface area contributed by atoms with E-state index in [2.05, 4.69) is 10.4 Å². The molecule has 0 unspecified atom stereocenters. The number of nitrogens with one attached hydrogen (secondary N) is 1. The van der Waals surface area contributed by atoms with Crippen LogP contribution >= 0.6 is 11.6 Å². The Morgan fingerprint density at radius 1 is 1.47 bits per heavy atom. The van der Waals surface area contributed by atoms with Crippen LogP contribution in [-0.2, 0) is 7.05 Å². The van der Waals surface area contributed by atoms with Gasteiger partial charge in [0.1, 0.15) is 5.02 Å². The number of rotatable bonds is 4. The number of aliphatic hydroxyl groups excluding tert-OH is 1. The van der Waals surface area contributed by atoms with Gasteiger partial charge in [-0.3, -0.25) is 4.79 Å². The van der Waals surface area contributed by atoms with Crippen LogP contribution < -0.4 is 10.9 Å². The van der Waals surface area contributed by atoms with Crippen LogP contribution in [0.3, 0.4) is 0 Å². The van der Waals surface area contributed by atoms with Gasteiger partial charge in [-0.25, -0.2) is 4.68 Å². The third-order valence-electron chi connectivity index (χ3n) is 3.98. The van der Waals surface area contributed by atoms with E-state index in [4.69, 9.17) is 11.6 Å². The first-order valence-corrected chi connectivity index (χ1v) is 7.02. The minimum Gasteiger partial charge on any atom is -0.396 e. The van der Waals surface area contributed by atoms with Gasteiger partial charge in [0.2, 0.25) is 0 Å². The lowest BCUT2D eigenvalue weighted by molar-refractivity contribution is 0.0944. The highest BCUT2D eigenvalue weighted by Crippen LogP contribution is 2.36. The SMILES string of the molecule is Cn1ncc(NCC2(CO)CCCCC2)c(Cl)c1=O. The van der Waals surface area contributed by atoms with Gasteiger partial charge < -0.3 is 10.4 Å². The van der Waals surface area contributed by atoms with E-state index in [1.54, 1.807) is 13.2 Å². The highest BCUT2D eigenvalue weighted by Gasteiger charge is 2.31. The summed E-state index contributed by atoms with van der Waals surface area (Å²) in [4.78, 5) is 11.7. The maximum Gasteiger partial charge on any atom is 0.287 e. The lowest BCUT2D eigenvalue weighted by Crippen LogP contribution is -2.36. The predicted molar refractivity (Wildman–Crippen MR) is 75.6 cm³/mol. The summed E-state index contributed by atoms with van der Waals surface area (Å²) in [7, 11) is 1.56. The fourth-order valence-electron chi connectivity index (χ4n) is 2.61. The second kappa shape index (κ2) is 5.92. The van der Waals surface area contributed by atoms with Crippen LogP contribution in [0.4, 0.5) is 5.69 Å². The lowest BCUT2D eigenvalue weighted by Gasteiger charge is -2.36. The summed E-state index contributed by atoms with van der Waals surface area (Å²) < 4.78 is 1.20. The summed E-state index contributed by atoms with van der Waals surface area (Å²) in [5.41, 5.74) is 0.138. The summed E-state index contributed by atoms with van der Waals surface area (Å²) >= 11 is 6.01. The van der Waals surface area contributed by atoms with Gasteiger partial charge in [0, 0.05) is 19.0 Å². The van der Waals surface area contributed by atoms with Crippen molar-refractivity contribution in [2.75, 3.05) is 18.5 Å². The summed E-state index contributed by atoms with van der Waals surface area (Å²) in [6.07, 6.45) is 7.09. The minimum atomic E-state index is -0.312. The van der Waals surface area contributed by atoms with Crippen LogP contribution in [0.2, 0.25) is 5.02 Å². The molecule has 2 rings (SSSR count). The molecule has 0 radical (unpaired) electrons. The Morgan fingerprint density at radius 2 is 2.16 bits per heavy atom. The Balaban J connectivity index is 2.09. The molecule has 0 aliphatic heterocycles. The van der Waals surface area contributed by atoms with E-state index in [1.807, 2.05) is 0 Å². The molecule has 1 aromatic heterocycles. The number of halogens is 1. The van der Waals surface area contributed by atoms with Crippen molar-refractivity contribution in [1.82, 2.24) is 9.78 Å². The Labute approximate surface area is 117 Å². The van der Waals surface area contributed by atoms with Crippen molar-refractivity contribution >= 4 is 17.3 Å². The number of hydrogen-bond donors (Lipinski definition) is 2. The molecule has 0 aromatic carbocycles. The van der Waals surface area contributed by atoms with Gasteiger partial charge in [0.15, 0.2) is 0 Å². The quantitative estimate of drug-likeness (QED) is 0.885. The number of aromatic nitrogens is 2. The zero-order valence-corrected chi connectivity index (χ0v) is 11.9. The molecule has 19 heavy (non-hydrogen) atoms. The zero-order chi connectivity index (χ0) is 13.9. The molecule has 0 atom stereocenters. The first-order chi connectivity index (χ1) is 9.08. The molecule has 1 fully saturated rings. The van der Waals surface area contributed by atoms with Crippen LogP contribution in [0, 0.1) is 5.41 Å². The van der Waals surface area contributed by atoms with Gasteiger partial charge in [-0.2, -0.15) is 5.10 Å². The van der Waals surface area contributed by atoms with Crippen molar-refractivity contribution in [3.05, 3.63) is 21.6 Å². The second-order valence-corrected chi connectivity index (χ2v) is 5.75. The van der Waals surface area contributed by atoms with Gasteiger partial charge in [-0.05, 0) is 12.8 Å². The monoisotopic (exact) mass is 285 g/mol. The molecular weight excluding hydrogens is 266 g/mol. The van der Waals surface area contributed by atoms with Crippen molar-refractivity contribution in [3.63, 3.8) is 0 Å². The molecule has 0 spiro atoms.